The van der Waals surface area contributed by atoms with Crippen molar-refractivity contribution in [3.05, 3.63) is 63.6 Å². The van der Waals surface area contributed by atoms with Crippen LogP contribution in [0.25, 0.3) is 0 Å². The van der Waals surface area contributed by atoms with E-state index in [2.05, 4.69) is 23.3 Å². The highest BCUT2D eigenvalue weighted by molar-refractivity contribution is 5.33. The second-order valence-corrected chi connectivity index (χ2v) is 6.47. The van der Waals surface area contributed by atoms with Gasteiger partial charge in [0.25, 0.3) is 0 Å². The van der Waals surface area contributed by atoms with E-state index in [0.717, 1.165) is 30.0 Å². The van der Waals surface area contributed by atoms with Crippen LogP contribution in [0.5, 0.6) is 5.75 Å². The molecule has 24 heavy (non-hydrogen) atoms. The molecule has 5 heteroatoms. The van der Waals surface area contributed by atoms with Gasteiger partial charge in [-0.3, -0.25) is 9.69 Å². The van der Waals surface area contributed by atoms with E-state index >= 15 is 0 Å². The molecule has 0 amide bonds. The maximum absolute atomic E-state index is 12.6. The molecule has 0 saturated carbocycles. The molecule has 0 fully saturated rings. The van der Waals surface area contributed by atoms with Crippen LogP contribution in [-0.4, -0.2) is 22.1 Å². The Kier molecular flexibility index (Phi) is 5.02. The van der Waals surface area contributed by atoms with Crippen molar-refractivity contribution in [3.8, 4) is 5.75 Å². The Morgan fingerprint density at radius 1 is 1.21 bits per heavy atom. The summed E-state index contributed by atoms with van der Waals surface area (Å²) in [5, 5.41) is 0. The molecule has 1 aromatic heterocycles. The Bertz CT molecular complexity index is 753. The minimum absolute atomic E-state index is 0.0803. The molecule has 5 nitrogen and oxygen atoms in total. The fraction of sp³-hybridized carbons (Fsp3) is 0.421. The van der Waals surface area contributed by atoms with Crippen LogP contribution in [-0.2, 0) is 26.2 Å². The zero-order chi connectivity index (χ0) is 17.1. The lowest BCUT2D eigenvalue weighted by atomic mass is 10.1. The van der Waals surface area contributed by atoms with Gasteiger partial charge in [0, 0.05) is 44.0 Å². The molecule has 128 valence electrons. The average molecular weight is 327 g/mol. The van der Waals surface area contributed by atoms with Gasteiger partial charge in [0.05, 0.1) is 5.69 Å². The topological polar surface area (TPSA) is 60.5 Å². The van der Waals surface area contributed by atoms with Gasteiger partial charge in [0.2, 0.25) is 5.43 Å². The van der Waals surface area contributed by atoms with Gasteiger partial charge in [-0.15, -0.1) is 0 Å². The smallest absolute Gasteiger partial charge is 0.224 e. The van der Waals surface area contributed by atoms with E-state index in [1.54, 1.807) is 6.07 Å². The van der Waals surface area contributed by atoms with E-state index in [1.165, 1.54) is 0 Å². The fourth-order valence-corrected chi connectivity index (χ4v) is 3.16. The molecular formula is C19H25N3O2. The molecule has 2 aromatic rings. The highest BCUT2D eigenvalue weighted by atomic mass is 16.5. The Morgan fingerprint density at radius 3 is 2.62 bits per heavy atom. The third-order valence-electron chi connectivity index (χ3n) is 4.59. The predicted molar refractivity (Wildman–Crippen MR) is 94.9 cm³/mol. The molecule has 1 aliphatic rings. The highest BCUT2D eigenvalue weighted by Crippen LogP contribution is 2.24. The molecule has 1 aromatic carbocycles. The Labute approximate surface area is 142 Å². The van der Waals surface area contributed by atoms with Crippen LogP contribution < -0.4 is 15.9 Å². The van der Waals surface area contributed by atoms with Crippen molar-refractivity contribution in [1.82, 2.24) is 9.47 Å². The SMILES string of the molecule is CC(C)N1CCn2c(CN)cc(=O)c(OCc3ccccc3)c2C1. The van der Waals surface area contributed by atoms with Gasteiger partial charge in [0.1, 0.15) is 6.61 Å². The number of ether oxygens (including phenoxy) is 1. The van der Waals surface area contributed by atoms with E-state index < -0.39 is 0 Å². The second-order valence-electron chi connectivity index (χ2n) is 6.47. The zero-order valence-corrected chi connectivity index (χ0v) is 14.4. The van der Waals surface area contributed by atoms with Crippen molar-refractivity contribution in [1.29, 1.82) is 0 Å². The number of benzene rings is 1. The van der Waals surface area contributed by atoms with Gasteiger partial charge in [-0.2, -0.15) is 0 Å². The third-order valence-corrected chi connectivity index (χ3v) is 4.59. The van der Waals surface area contributed by atoms with E-state index in [4.69, 9.17) is 10.5 Å². The lowest BCUT2D eigenvalue weighted by Crippen LogP contribution is -2.41. The molecule has 0 saturated heterocycles. The normalized spacial score (nSPS) is 14.7. The van der Waals surface area contributed by atoms with E-state index in [9.17, 15) is 4.79 Å². The molecule has 0 spiro atoms. The van der Waals surface area contributed by atoms with E-state index in [0.29, 0.717) is 31.5 Å². The Hall–Kier alpha value is -2.11. The molecule has 3 rings (SSSR count). The van der Waals surface area contributed by atoms with Crippen molar-refractivity contribution in [3.63, 3.8) is 0 Å². The summed E-state index contributed by atoms with van der Waals surface area (Å²) in [6, 6.07) is 12.0. The van der Waals surface area contributed by atoms with Crippen molar-refractivity contribution in [2.75, 3.05) is 6.54 Å². The van der Waals surface area contributed by atoms with Crippen molar-refractivity contribution in [2.45, 2.75) is 46.1 Å². The first-order valence-electron chi connectivity index (χ1n) is 8.46. The summed E-state index contributed by atoms with van der Waals surface area (Å²) in [4.78, 5) is 14.9. The lowest BCUT2D eigenvalue weighted by Gasteiger charge is -2.35. The maximum Gasteiger partial charge on any atom is 0.224 e. The van der Waals surface area contributed by atoms with Crippen LogP contribution in [0.3, 0.4) is 0 Å². The number of rotatable bonds is 5. The quantitative estimate of drug-likeness (QED) is 0.914. The molecular weight excluding hydrogens is 302 g/mol. The summed E-state index contributed by atoms with van der Waals surface area (Å²) in [7, 11) is 0. The summed E-state index contributed by atoms with van der Waals surface area (Å²) in [6.07, 6.45) is 0. The Balaban J connectivity index is 1.95. The molecule has 0 bridgehead atoms. The number of pyridine rings is 1. The van der Waals surface area contributed by atoms with Crippen molar-refractivity contribution < 1.29 is 4.74 Å². The monoisotopic (exact) mass is 327 g/mol. The molecule has 1 aliphatic heterocycles. The molecule has 2 N–H and O–H groups in total. The van der Waals surface area contributed by atoms with Crippen molar-refractivity contribution in [2.24, 2.45) is 5.73 Å². The molecule has 0 unspecified atom stereocenters. The van der Waals surface area contributed by atoms with E-state index in [-0.39, 0.29) is 5.43 Å². The third kappa shape index (κ3) is 3.37. The number of fused-ring (bicyclic) bond motifs is 1. The van der Waals surface area contributed by atoms with Crippen LogP contribution in [0, 0.1) is 0 Å². The van der Waals surface area contributed by atoms with Gasteiger partial charge >= 0.3 is 0 Å². The Morgan fingerprint density at radius 2 is 1.96 bits per heavy atom. The first-order chi connectivity index (χ1) is 11.6. The minimum Gasteiger partial charge on any atom is -0.483 e. The maximum atomic E-state index is 12.6. The summed E-state index contributed by atoms with van der Waals surface area (Å²) in [5.41, 5.74) is 8.63. The average Bonchev–Trinajstić information content (AvgIpc) is 2.60. The molecule has 2 heterocycles. The number of hydrogen-bond acceptors (Lipinski definition) is 4. The molecule has 0 atom stereocenters. The first-order valence-corrected chi connectivity index (χ1v) is 8.46. The molecule has 0 aliphatic carbocycles. The molecule has 0 radical (unpaired) electrons. The fourth-order valence-electron chi connectivity index (χ4n) is 3.16. The number of nitrogens with zero attached hydrogens (tertiary/aromatic N) is 2. The highest BCUT2D eigenvalue weighted by Gasteiger charge is 2.24. The predicted octanol–water partition coefficient (Wildman–Crippen LogP) is 2.11. The van der Waals surface area contributed by atoms with Crippen LogP contribution in [0.4, 0.5) is 0 Å². The van der Waals surface area contributed by atoms with Gasteiger partial charge < -0.3 is 15.0 Å². The van der Waals surface area contributed by atoms with Crippen LogP contribution >= 0.6 is 0 Å². The first kappa shape index (κ1) is 16.7. The minimum atomic E-state index is -0.0803. The lowest BCUT2D eigenvalue weighted by molar-refractivity contribution is 0.166. The number of aromatic nitrogens is 1. The van der Waals surface area contributed by atoms with E-state index in [1.807, 2.05) is 30.3 Å². The second kappa shape index (κ2) is 7.20. The summed E-state index contributed by atoms with van der Waals surface area (Å²) in [6.45, 7) is 7.61. The number of nitrogens with two attached hydrogens (primary N) is 1. The van der Waals surface area contributed by atoms with Gasteiger partial charge in [-0.25, -0.2) is 0 Å². The van der Waals surface area contributed by atoms with Crippen LogP contribution in [0.1, 0.15) is 30.8 Å². The standard InChI is InChI=1S/C19H25N3O2/c1-14(2)21-8-9-22-16(11-20)10-18(23)19(17(22)12-21)24-13-15-6-4-3-5-7-15/h3-7,10,14H,8-9,11-13,20H2,1-2H3. The van der Waals surface area contributed by atoms with Gasteiger partial charge in [-0.1, -0.05) is 30.3 Å². The van der Waals surface area contributed by atoms with Gasteiger partial charge in [0.15, 0.2) is 5.75 Å². The van der Waals surface area contributed by atoms with Crippen molar-refractivity contribution >= 4 is 0 Å². The number of hydrogen-bond donors (Lipinski definition) is 1. The summed E-state index contributed by atoms with van der Waals surface area (Å²) in [5.74, 6) is 0.460. The summed E-state index contributed by atoms with van der Waals surface area (Å²) < 4.78 is 8.10. The largest absolute Gasteiger partial charge is 0.483 e. The van der Waals surface area contributed by atoms with Crippen LogP contribution in [0.2, 0.25) is 0 Å². The summed E-state index contributed by atoms with van der Waals surface area (Å²) >= 11 is 0. The zero-order valence-electron chi connectivity index (χ0n) is 14.4. The van der Waals surface area contributed by atoms with Gasteiger partial charge in [-0.05, 0) is 19.4 Å². The van der Waals surface area contributed by atoms with Crippen LogP contribution in [0.15, 0.2) is 41.2 Å².